The van der Waals surface area contributed by atoms with E-state index in [-0.39, 0.29) is 0 Å². The molecule has 0 fully saturated rings. The smallest absolute Gasteiger partial charge is 0.126 e. The average molecular weight is 320 g/mol. The van der Waals surface area contributed by atoms with Crippen molar-refractivity contribution in [1.29, 1.82) is 0 Å². The summed E-state index contributed by atoms with van der Waals surface area (Å²) in [4.78, 5) is 0. The number of rotatable bonds is 7. The molecule has 4 heteroatoms. The van der Waals surface area contributed by atoms with Crippen LogP contribution in [0, 0.1) is 0 Å². The molecule has 0 heterocycles. The molecule has 0 N–H and O–H groups in total. The van der Waals surface area contributed by atoms with Gasteiger partial charge in [-0.2, -0.15) is 10.2 Å². The topological polar surface area (TPSA) is 43.2 Å². The fraction of sp³-hybridized carbons (Fsp3) is 0.100. The summed E-state index contributed by atoms with van der Waals surface area (Å²) >= 11 is 0. The van der Waals surface area contributed by atoms with E-state index < -0.39 is 0 Å². The van der Waals surface area contributed by atoms with Crippen LogP contribution in [0.4, 0.5) is 0 Å². The maximum absolute atomic E-state index is 5.27. The van der Waals surface area contributed by atoms with E-state index in [0.29, 0.717) is 0 Å². The van der Waals surface area contributed by atoms with Crippen LogP contribution >= 0.6 is 0 Å². The molecule has 2 rings (SSSR count). The number of nitrogens with zero attached hydrogens (tertiary/aromatic N) is 2. The minimum Gasteiger partial charge on any atom is -0.496 e. The summed E-state index contributed by atoms with van der Waals surface area (Å²) in [5.74, 6) is 1.65. The van der Waals surface area contributed by atoms with Crippen LogP contribution in [0.15, 0.2) is 70.9 Å². The third-order valence-electron chi connectivity index (χ3n) is 3.20. The Bertz CT molecular complexity index is 696. The van der Waals surface area contributed by atoms with Gasteiger partial charge in [-0.15, -0.1) is 0 Å². The molecule has 0 bridgehead atoms. The van der Waals surface area contributed by atoms with Crippen molar-refractivity contribution >= 4 is 24.6 Å². The van der Waals surface area contributed by atoms with Crippen LogP contribution in [-0.2, 0) is 0 Å². The molecule has 4 nitrogen and oxygen atoms in total. The summed E-state index contributed by atoms with van der Waals surface area (Å²) < 4.78 is 10.5. The Morgan fingerprint density at radius 2 is 1.08 bits per heavy atom. The SMILES string of the molecule is COc1ccccc1/C=C/C=N/N=C/C=C/c1ccccc1OC. The largest absolute Gasteiger partial charge is 0.496 e. The van der Waals surface area contributed by atoms with Crippen molar-refractivity contribution in [1.82, 2.24) is 0 Å². The Balaban J connectivity index is 1.88. The van der Waals surface area contributed by atoms with Gasteiger partial charge in [-0.25, -0.2) is 0 Å². The highest BCUT2D eigenvalue weighted by molar-refractivity contribution is 5.82. The number of hydrogen-bond acceptors (Lipinski definition) is 4. The van der Waals surface area contributed by atoms with Crippen LogP contribution in [0.2, 0.25) is 0 Å². The van der Waals surface area contributed by atoms with Crippen LogP contribution in [-0.4, -0.2) is 26.6 Å². The number of methoxy groups -OCH3 is 2. The van der Waals surface area contributed by atoms with Crippen molar-refractivity contribution < 1.29 is 9.47 Å². The monoisotopic (exact) mass is 320 g/mol. The second kappa shape index (κ2) is 9.79. The first-order valence-electron chi connectivity index (χ1n) is 7.51. The molecular weight excluding hydrogens is 300 g/mol. The van der Waals surface area contributed by atoms with Gasteiger partial charge in [-0.05, 0) is 36.4 Å². The molecule has 24 heavy (non-hydrogen) atoms. The van der Waals surface area contributed by atoms with Gasteiger partial charge in [0.05, 0.1) is 14.2 Å². The maximum Gasteiger partial charge on any atom is 0.126 e. The van der Waals surface area contributed by atoms with E-state index in [0.717, 1.165) is 22.6 Å². The molecule has 0 atom stereocenters. The lowest BCUT2D eigenvalue weighted by Gasteiger charge is -2.02. The van der Waals surface area contributed by atoms with Gasteiger partial charge in [-0.1, -0.05) is 36.4 Å². The lowest BCUT2D eigenvalue weighted by atomic mass is 10.2. The number of benzene rings is 2. The minimum absolute atomic E-state index is 0.824. The molecule has 0 aliphatic rings. The fourth-order valence-corrected chi connectivity index (χ4v) is 2.06. The van der Waals surface area contributed by atoms with E-state index in [1.807, 2.05) is 72.8 Å². The Morgan fingerprint density at radius 3 is 1.50 bits per heavy atom. The van der Waals surface area contributed by atoms with Crippen molar-refractivity contribution in [3.05, 3.63) is 71.8 Å². The van der Waals surface area contributed by atoms with E-state index in [1.54, 1.807) is 26.6 Å². The standard InChI is InChI=1S/C20H20N2O2/c1-23-19-13-5-3-9-17(19)11-7-15-21-22-16-8-12-18-10-4-6-14-20(18)24-2/h3-16H,1-2H3/b11-7+,12-8+,21-15+,22-16+. The van der Waals surface area contributed by atoms with Crippen molar-refractivity contribution in [2.24, 2.45) is 10.2 Å². The molecule has 0 aliphatic carbocycles. The third kappa shape index (κ3) is 5.25. The van der Waals surface area contributed by atoms with Gasteiger partial charge in [0.2, 0.25) is 0 Å². The summed E-state index contributed by atoms with van der Waals surface area (Å²) in [5, 5.41) is 7.90. The van der Waals surface area contributed by atoms with Crippen molar-refractivity contribution in [2.45, 2.75) is 0 Å². The van der Waals surface area contributed by atoms with Gasteiger partial charge in [0, 0.05) is 23.6 Å². The highest BCUT2D eigenvalue weighted by Crippen LogP contribution is 2.19. The average Bonchev–Trinajstić information content (AvgIpc) is 2.64. The second-order valence-electron chi connectivity index (χ2n) is 4.73. The van der Waals surface area contributed by atoms with Gasteiger partial charge >= 0.3 is 0 Å². The molecule has 0 spiro atoms. The van der Waals surface area contributed by atoms with Crippen LogP contribution in [0.5, 0.6) is 11.5 Å². The van der Waals surface area contributed by atoms with E-state index in [9.17, 15) is 0 Å². The Kier molecular flexibility index (Phi) is 7.02. The molecule has 0 amide bonds. The summed E-state index contributed by atoms with van der Waals surface area (Å²) in [6.07, 6.45) is 10.7. The normalized spacial score (nSPS) is 11.9. The van der Waals surface area contributed by atoms with Crippen molar-refractivity contribution in [3.63, 3.8) is 0 Å². The number of ether oxygens (including phenoxy) is 2. The summed E-state index contributed by atoms with van der Waals surface area (Å²) in [7, 11) is 3.30. The second-order valence-corrected chi connectivity index (χ2v) is 4.73. The van der Waals surface area contributed by atoms with Crippen molar-refractivity contribution in [2.75, 3.05) is 14.2 Å². The number of para-hydroxylation sites is 2. The predicted molar refractivity (Wildman–Crippen MR) is 101 cm³/mol. The zero-order valence-corrected chi connectivity index (χ0v) is 13.8. The van der Waals surface area contributed by atoms with Crippen molar-refractivity contribution in [3.8, 4) is 11.5 Å². The van der Waals surface area contributed by atoms with E-state index in [2.05, 4.69) is 10.2 Å². The molecule has 0 aliphatic heterocycles. The highest BCUT2D eigenvalue weighted by atomic mass is 16.5. The Labute approximate surface area is 142 Å². The van der Waals surface area contributed by atoms with Gasteiger partial charge in [-0.3, -0.25) is 0 Å². The van der Waals surface area contributed by atoms with E-state index in [4.69, 9.17) is 9.47 Å². The quantitative estimate of drug-likeness (QED) is 0.557. The molecule has 2 aromatic rings. The lowest BCUT2D eigenvalue weighted by Crippen LogP contribution is -1.85. The summed E-state index contributed by atoms with van der Waals surface area (Å²) in [6, 6.07) is 15.6. The minimum atomic E-state index is 0.824. The zero-order valence-electron chi connectivity index (χ0n) is 13.8. The van der Waals surface area contributed by atoms with E-state index in [1.165, 1.54) is 0 Å². The zero-order chi connectivity index (χ0) is 17.0. The first-order chi connectivity index (χ1) is 11.8. The maximum atomic E-state index is 5.27. The summed E-state index contributed by atoms with van der Waals surface area (Å²) in [6.45, 7) is 0. The lowest BCUT2D eigenvalue weighted by molar-refractivity contribution is 0.414. The Hall–Kier alpha value is -3.14. The molecule has 122 valence electrons. The van der Waals surface area contributed by atoms with E-state index >= 15 is 0 Å². The van der Waals surface area contributed by atoms with Crippen LogP contribution in [0.1, 0.15) is 11.1 Å². The van der Waals surface area contributed by atoms with Crippen LogP contribution in [0.25, 0.3) is 12.2 Å². The van der Waals surface area contributed by atoms with Gasteiger partial charge in [0.15, 0.2) is 0 Å². The number of hydrogen-bond donors (Lipinski definition) is 0. The first-order valence-corrected chi connectivity index (χ1v) is 7.51. The van der Waals surface area contributed by atoms with Crippen LogP contribution < -0.4 is 9.47 Å². The molecule has 0 saturated carbocycles. The predicted octanol–water partition coefficient (Wildman–Crippen LogP) is 4.49. The Morgan fingerprint density at radius 1 is 0.667 bits per heavy atom. The summed E-state index contributed by atoms with van der Waals surface area (Å²) in [5.41, 5.74) is 1.98. The fourth-order valence-electron chi connectivity index (χ4n) is 2.06. The molecule has 0 radical (unpaired) electrons. The molecule has 2 aromatic carbocycles. The molecule has 0 unspecified atom stereocenters. The molecule has 0 saturated heterocycles. The molecule has 0 aromatic heterocycles. The van der Waals surface area contributed by atoms with Gasteiger partial charge in [0.1, 0.15) is 11.5 Å². The van der Waals surface area contributed by atoms with Gasteiger partial charge in [0.25, 0.3) is 0 Å². The highest BCUT2D eigenvalue weighted by Gasteiger charge is 1.95. The van der Waals surface area contributed by atoms with Crippen LogP contribution in [0.3, 0.4) is 0 Å². The first kappa shape index (κ1) is 17.2. The number of allylic oxidation sites excluding steroid dienone is 2. The third-order valence-corrected chi connectivity index (χ3v) is 3.20. The molecular formula is C20H20N2O2. The van der Waals surface area contributed by atoms with Gasteiger partial charge < -0.3 is 9.47 Å².